The minimum absolute atomic E-state index is 0.0604. The van der Waals surface area contributed by atoms with Gasteiger partial charge in [0.1, 0.15) is 5.75 Å². The van der Waals surface area contributed by atoms with Gasteiger partial charge in [-0.1, -0.05) is 17.2 Å². The number of ether oxygens (including phenoxy) is 2. The molecule has 1 aliphatic heterocycles. The maximum atomic E-state index is 12.0. The zero-order chi connectivity index (χ0) is 13.9. The van der Waals surface area contributed by atoms with E-state index in [1.165, 1.54) is 24.3 Å². The molecule has 1 unspecified atom stereocenters. The average Bonchev–Trinajstić information content (AvgIpc) is 2.25. The summed E-state index contributed by atoms with van der Waals surface area (Å²) in [5, 5.41) is 3.66. The van der Waals surface area contributed by atoms with E-state index < -0.39 is 12.4 Å². The minimum atomic E-state index is -4.71. The quantitative estimate of drug-likeness (QED) is 0.478. The normalized spacial score (nSPS) is 17.2. The van der Waals surface area contributed by atoms with Crippen molar-refractivity contribution in [3.05, 3.63) is 40.3 Å². The van der Waals surface area contributed by atoms with Gasteiger partial charge in [0.25, 0.3) is 0 Å². The number of hydrogen-bond acceptors (Lipinski definition) is 3. The maximum absolute atomic E-state index is 12.0. The predicted octanol–water partition coefficient (Wildman–Crippen LogP) is 3.58. The molecular formula is C11H10F3N3O2. The molecule has 5 nitrogen and oxygen atoms in total. The lowest BCUT2D eigenvalue weighted by Gasteiger charge is -2.31. The Hall–Kier alpha value is -1.92. The van der Waals surface area contributed by atoms with E-state index >= 15 is 0 Å². The Kier molecular flexibility index (Phi) is 3.82. The van der Waals surface area contributed by atoms with Crippen LogP contribution in [0.4, 0.5) is 13.2 Å². The van der Waals surface area contributed by atoms with Crippen LogP contribution in [0.5, 0.6) is 5.75 Å². The third-order valence-electron chi connectivity index (χ3n) is 2.74. The van der Waals surface area contributed by atoms with Gasteiger partial charge in [-0.2, -0.15) is 0 Å². The number of alkyl halides is 3. The van der Waals surface area contributed by atoms with E-state index in [0.29, 0.717) is 18.8 Å². The van der Waals surface area contributed by atoms with Crippen molar-refractivity contribution in [2.45, 2.75) is 12.4 Å². The summed E-state index contributed by atoms with van der Waals surface area (Å²) in [6.07, 6.45) is -4.71. The standard InChI is InChI=1S/C11H10F3N3O2/c12-11(13,14)19-9-3-1-7(2-4-9)10(16-17-15)8-5-18-6-8/h1-4,8,10H,5-6H2. The topological polar surface area (TPSA) is 67.2 Å². The van der Waals surface area contributed by atoms with Crippen molar-refractivity contribution in [1.29, 1.82) is 0 Å². The SMILES string of the molecule is [N-]=[N+]=NC(c1ccc(OC(F)(F)F)cc1)C1COC1. The first kappa shape index (κ1) is 13.5. The summed E-state index contributed by atoms with van der Waals surface area (Å²) in [4.78, 5) is 2.76. The predicted molar refractivity (Wildman–Crippen MR) is 59.3 cm³/mol. The highest BCUT2D eigenvalue weighted by atomic mass is 19.4. The molecule has 1 fully saturated rings. The maximum Gasteiger partial charge on any atom is 0.573 e. The third kappa shape index (κ3) is 3.52. The van der Waals surface area contributed by atoms with Crippen LogP contribution in [0, 0.1) is 5.92 Å². The van der Waals surface area contributed by atoms with Crippen molar-refractivity contribution in [3.8, 4) is 5.75 Å². The van der Waals surface area contributed by atoms with Crippen LogP contribution >= 0.6 is 0 Å². The number of benzene rings is 1. The molecule has 1 aromatic carbocycles. The third-order valence-corrected chi connectivity index (χ3v) is 2.74. The Bertz CT molecular complexity index is 479. The lowest BCUT2D eigenvalue weighted by atomic mass is 9.92. The highest BCUT2D eigenvalue weighted by molar-refractivity contribution is 5.30. The Labute approximate surface area is 106 Å². The van der Waals surface area contributed by atoms with Crippen LogP contribution in [0.1, 0.15) is 11.6 Å². The van der Waals surface area contributed by atoms with Crippen LogP contribution in [0.3, 0.4) is 0 Å². The van der Waals surface area contributed by atoms with Gasteiger partial charge in [-0.25, -0.2) is 0 Å². The molecular weight excluding hydrogens is 263 g/mol. The molecule has 0 bridgehead atoms. The molecule has 1 atom stereocenters. The zero-order valence-corrected chi connectivity index (χ0v) is 9.67. The summed E-state index contributed by atoms with van der Waals surface area (Å²) in [7, 11) is 0. The molecule has 102 valence electrons. The van der Waals surface area contributed by atoms with E-state index in [0.717, 1.165) is 0 Å². The van der Waals surface area contributed by atoms with Gasteiger partial charge in [0, 0.05) is 10.8 Å². The fraction of sp³-hybridized carbons (Fsp3) is 0.455. The first-order valence-electron chi connectivity index (χ1n) is 5.47. The van der Waals surface area contributed by atoms with Crippen molar-refractivity contribution in [2.75, 3.05) is 13.2 Å². The van der Waals surface area contributed by atoms with Crippen LogP contribution < -0.4 is 4.74 Å². The van der Waals surface area contributed by atoms with Gasteiger partial charge in [-0.05, 0) is 23.2 Å². The van der Waals surface area contributed by atoms with Crippen molar-refractivity contribution in [3.63, 3.8) is 0 Å². The minimum Gasteiger partial charge on any atom is -0.406 e. The van der Waals surface area contributed by atoms with Gasteiger partial charge >= 0.3 is 6.36 Å². The first-order chi connectivity index (χ1) is 8.99. The van der Waals surface area contributed by atoms with Crippen LogP contribution in [-0.2, 0) is 4.74 Å². The van der Waals surface area contributed by atoms with Crippen LogP contribution in [0.2, 0.25) is 0 Å². The Morgan fingerprint density at radius 3 is 2.37 bits per heavy atom. The fourth-order valence-electron chi connectivity index (χ4n) is 1.79. The number of nitrogens with zero attached hydrogens (tertiary/aromatic N) is 3. The number of azide groups is 1. The van der Waals surface area contributed by atoms with E-state index in [1.807, 2.05) is 0 Å². The van der Waals surface area contributed by atoms with Gasteiger partial charge in [0.05, 0.1) is 19.3 Å². The second-order valence-electron chi connectivity index (χ2n) is 4.06. The lowest BCUT2D eigenvalue weighted by Crippen LogP contribution is -2.32. The van der Waals surface area contributed by atoms with Gasteiger partial charge in [-0.15, -0.1) is 13.2 Å². The van der Waals surface area contributed by atoms with Gasteiger partial charge in [0.2, 0.25) is 0 Å². The Morgan fingerprint density at radius 1 is 1.32 bits per heavy atom. The van der Waals surface area contributed by atoms with Crippen LogP contribution in [-0.4, -0.2) is 19.6 Å². The van der Waals surface area contributed by atoms with Crippen LogP contribution in [0.25, 0.3) is 10.4 Å². The first-order valence-corrected chi connectivity index (χ1v) is 5.47. The Morgan fingerprint density at radius 2 is 1.95 bits per heavy atom. The fourth-order valence-corrected chi connectivity index (χ4v) is 1.79. The molecule has 0 aliphatic carbocycles. The van der Waals surface area contributed by atoms with E-state index in [9.17, 15) is 13.2 Å². The number of halogens is 3. The van der Waals surface area contributed by atoms with Crippen molar-refractivity contribution in [1.82, 2.24) is 0 Å². The van der Waals surface area contributed by atoms with Crippen molar-refractivity contribution < 1.29 is 22.6 Å². The summed E-state index contributed by atoms with van der Waals surface area (Å²) < 4.78 is 44.8. The molecule has 0 aromatic heterocycles. The van der Waals surface area contributed by atoms with Crippen molar-refractivity contribution in [2.24, 2.45) is 11.0 Å². The molecule has 2 rings (SSSR count). The largest absolute Gasteiger partial charge is 0.573 e. The van der Waals surface area contributed by atoms with Gasteiger partial charge in [-0.3, -0.25) is 0 Å². The molecule has 19 heavy (non-hydrogen) atoms. The number of hydrogen-bond donors (Lipinski definition) is 0. The van der Waals surface area contributed by atoms with Crippen molar-refractivity contribution >= 4 is 0 Å². The highest BCUT2D eigenvalue weighted by Crippen LogP contribution is 2.33. The molecule has 1 heterocycles. The molecule has 0 spiro atoms. The summed E-state index contributed by atoms with van der Waals surface area (Å²) in [5.74, 6) is -0.244. The molecule has 0 amide bonds. The lowest BCUT2D eigenvalue weighted by molar-refractivity contribution is -0.274. The second kappa shape index (κ2) is 5.38. The van der Waals surface area contributed by atoms with Crippen LogP contribution in [0.15, 0.2) is 29.4 Å². The van der Waals surface area contributed by atoms with E-state index in [4.69, 9.17) is 10.3 Å². The van der Waals surface area contributed by atoms with E-state index in [-0.39, 0.29) is 11.7 Å². The summed E-state index contributed by atoms with van der Waals surface area (Å²) in [6.45, 7) is 0.953. The van der Waals surface area contributed by atoms with Gasteiger partial charge < -0.3 is 9.47 Å². The van der Waals surface area contributed by atoms with E-state index in [1.54, 1.807) is 0 Å². The molecule has 0 saturated carbocycles. The zero-order valence-electron chi connectivity index (χ0n) is 9.67. The average molecular weight is 273 g/mol. The molecule has 0 N–H and O–H groups in total. The molecule has 1 saturated heterocycles. The molecule has 8 heteroatoms. The highest BCUT2D eigenvalue weighted by Gasteiger charge is 2.32. The molecule has 0 radical (unpaired) electrons. The molecule has 1 aromatic rings. The summed E-state index contributed by atoms with van der Waals surface area (Å²) >= 11 is 0. The number of rotatable bonds is 4. The second-order valence-corrected chi connectivity index (χ2v) is 4.06. The van der Waals surface area contributed by atoms with E-state index in [2.05, 4.69) is 14.8 Å². The monoisotopic (exact) mass is 273 g/mol. The van der Waals surface area contributed by atoms with Gasteiger partial charge in [0.15, 0.2) is 0 Å². The Balaban J connectivity index is 2.13. The summed E-state index contributed by atoms with van der Waals surface area (Å²) in [6, 6.07) is 4.88. The smallest absolute Gasteiger partial charge is 0.406 e. The molecule has 1 aliphatic rings. The summed E-state index contributed by atoms with van der Waals surface area (Å²) in [5.41, 5.74) is 9.16.